The summed E-state index contributed by atoms with van der Waals surface area (Å²) in [6.07, 6.45) is 3.22. The van der Waals surface area contributed by atoms with Crippen LogP contribution in [-0.4, -0.2) is 18.4 Å². The summed E-state index contributed by atoms with van der Waals surface area (Å²) in [5, 5.41) is 9.22. The van der Waals surface area contributed by atoms with E-state index in [1.54, 1.807) is 18.2 Å². The van der Waals surface area contributed by atoms with E-state index in [-0.39, 0.29) is 24.4 Å². The third-order valence-electron chi connectivity index (χ3n) is 5.90. The maximum absolute atomic E-state index is 12.8. The van der Waals surface area contributed by atoms with Crippen molar-refractivity contribution in [2.45, 2.75) is 38.8 Å². The second-order valence-corrected chi connectivity index (χ2v) is 8.29. The largest absolute Gasteiger partial charge is 0.348 e. The van der Waals surface area contributed by atoms with Crippen LogP contribution in [0.15, 0.2) is 72.8 Å². The van der Waals surface area contributed by atoms with Gasteiger partial charge in [-0.1, -0.05) is 66.2 Å². The smallest absolute Gasteiger partial charge is 0.253 e. The molecule has 3 aromatic carbocycles. The van der Waals surface area contributed by atoms with Gasteiger partial charge in [0.05, 0.1) is 17.8 Å². The molecule has 0 spiro atoms. The Hall–Kier alpha value is -3.44. The molecule has 0 heterocycles. The second kappa shape index (κ2) is 10.2. The van der Waals surface area contributed by atoms with Crippen molar-refractivity contribution in [3.8, 4) is 0 Å². The summed E-state index contributed by atoms with van der Waals surface area (Å²) in [6.45, 7) is 2.66. The molecule has 1 aliphatic rings. The monoisotopic (exact) mass is 427 g/mol. The summed E-state index contributed by atoms with van der Waals surface area (Å²) in [5.74, 6) is -0.373. The van der Waals surface area contributed by atoms with E-state index < -0.39 is 0 Å². The van der Waals surface area contributed by atoms with Gasteiger partial charge < -0.3 is 16.0 Å². The minimum absolute atomic E-state index is 0.160. The molecule has 1 aliphatic carbocycles. The Labute approximate surface area is 189 Å². The number of anilines is 1. The topological polar surface area (TPSA) is 70.2 Å². The molecule has 2 amide bonds. The lowest BCUT2D eigenvalue weighted by molar-refractivity contribution is -0.115. The molecule has 5 heteroatoms. The van der Waals surface area contributed by atoms with Crippen molar-refractivity contribution in [2.75, 3.05) is 11.9 Å². The highest BCUT2D eigenvalue weighted by Crippen LogP contribution is 2.29. The fourth-order valence-corrected chi connectivity index (χ4v) is 4.15. The van der Waals surface area contributed by atoms with Crippen LogP contribution < -0.4 is 16.0 Å². The van der Waals surface area contributed by atoms with Crippen molar-refractivity contribution in [3.63, 3.8) is 0 Å². The summed E-state index contributed by atoms with van der Waals surface area (Å²) in [5.41, 5.74) is 5.82. The molecule has 0 aromatic heterocycles. The number of hydrogen-bond acceptors (Lipinski definition) is 3. The van der Waals surface area contributed by atoms with E-state index in [0.717, 1.165) is 24.8 Å². The molecule has 0 radical (unpaired) electrons. The summed E-state index contributed by atoms with van der Waals surface area (Å²) in [6, 6.07) is 23.7. The Bertz CT molecular complexity index is 1090. The second-order valence-electron chi connectivity index (χ2n) is 8.29. The minimum atomic E-state index is -0.212. The Morgan fingerprint density at radius 2 is 1.69 bits per heavy atom. The lowest BCUT2D eigenvalue weighted by Crippen LogP contribution is -2.33. The van der Waals surface area contributed by atoms with Crippen molar-refractivity contribution in [2.24, 2.45) is 0 Å². The number of benzene rings is 3. The zero-order valence-electron chi connectivity index (χ0n) is 18.4. The molecule has 3 aromatic rings. The average molecular weight is 428 g/mol. The number of para-hydroxylation sites is 1. The number of rotatable bonds is 7. The number of aryl methyl sites for hydroxylation is 2. The van der Waals surface area contributed by atoms with Crippen LogP contribution >= 0.6 is 0 Å². The van der Waals surface area contributed by atoms with E-state index in [0.29, 0.717) is 17.8 Å². The SMILES string of the molecule is Cc1ccc(CNC(=O)c2ccccc2NC(=O)CN[C@H]2CCCc3ccccc32)cc1. The number of nitrogens with one attached hydrogen (secondary N) is 3. The molecule has 5 nitrogen and oxygen atoms in total. The third-order valence-corrected chi connectivity index (χ3v) is 5.90. The van der Waals surface area contributed by atoms with Gasteiger partial charge in [-0.25, -0.2) is 0 Å². The van der Waals surface area contributed by atoms with Gasteiger partial charge in [0.15, 0.2) is 0 Å². The standard InChI is InChI=1S/C27H29N3O2/c1-19-13-15-20(16-14-19)17-29-27(32)23-10-4-5-11-25(23)30-26(31)18-28-24-12-6-8-21-7-2-3-9-22(21)24/h2-5,7,9-11,13-16,24,28H,6,8,12,17-18H2,1H3,(H,29,32)(H,30,31)/t24-/m0/s1. The Kier molecular flexibility index (Phi) is 6.97. The van der Waals surface area contributed by atoms with E-state index in [1.807, 2.05) is 43.3 Å². The maximum atomic E-state index is 12.8. The molecule has 4 rings (SSSR count). The Morgan fingerprint density at radius 1 is 0.938 bits per heavy atom. The zero-order valence-corrected chi connectivity index (χ0v) is 18.4. The van der Waals surface area contributed by atoms with Gasteiger partial charge >= 0.3 is 0 Å². The highest BCUT2D eigenvalue weighted by Gasteiger charge is 2.20. The van der Waals surface area contributed by atoms with Crippen LogP contribution in [0.1, 0.15) is 51.5 Å². The quantitative estimate of drug-likeness (QED) is 0.519. The molecule has 164 valence electrons. The summed E-state index contributed by atoms with van der Waals surface area (Å²) >= 11 is 0. The van der Waals surface area contributed by atoms with Crippen molar-refractivity contribution < 1.29 is 9.59 Å². The average Bonchev–Trinajstić information content (AvgIpc) is 2.82. The van der Waals surface area contributed by atoms with Crippen LogP contribution in [0.2, 0.25) is 0 Å². The first-order chi connectivity index (χ1) is 15.6. The van der Waals surface area contributed by atoms with Crippen molar-refractivity contribution in [1.82, 2.24) is 10.6 Å². The first kappa shape index (κ1) is 21.8. The minimum Gasteiger partial charge on any atom is -0.348 e. The van der Waals surface area contributed by atoms with E-state index in [4.69, 9.17) is 0 Å². The molecular formula is C27H29N3O2. The first-order valence-electron chi connectivity index (χ1n) is 11.1. The molecule has 0 saturated heterocycles. The molecule has 0 fully saturated rings. The lowest BCUT2D eigenvalue weighted by atomic mass is 9.88. The Morgan fingerprint density at radius 3 is 2.53 bits per heavy atom. The lowest BCUT2D eigenvalue weighted by Gasteiger charge is -2.26. The molecule has 0 unspecified atom stereocenters. The van der Waals surface area contributed by atoms with Gasteiger partial charge in [-0.3, -0.25) is 9.59 Å². The highest BCUT2D eigenvalue weighted by atomic mass is 16.2. The molecule has 0 aliphatic heterocycles. The van der Waals surface area contributed by atoms with Crippen LogP contribution in [0, 0.1) is 6.92 Å². The number of carbonyl (C=O) groups excluding carboxylic acids is 2. The van der Waals surface area contributed by atoms with Crippen molar-refractivity contribution in [3.05, 3.63) is 101 Å². The van der Waals surface area contributed by atoms with E-state index in [9.17, 15) is 9.59 Å². The van der Waals surface area contributed by atoms with Gasteiger partial charge in [-0.2, -0.15) is 0 Å². The number of amides is 2. The zero-order chi connectivity index (χ0) is 22.3. The molecular weight excluding hydrogens is 398 g/mol. The van der Waals surface area contributed by atoms with E-state index in [2.05, 4.69) is 34.1 Å². The molecule has 0 bridgehead atoms. The maximum Gasteiger partial charge on any atom is 0.253 e. The van der Waals surface area contributed by atoms with Crippen LogP contribution in [0.3, 0.4) is 0 Å². The van der Waals surface area contributed by atoms with Gasteiger partial charge in [0, 0.05) is 12.6 Å². The van der Waals surface area contributed by atoms with Gasteiger partial charge in [0.1, 0.15) is 0 Å². The summed E-state index contributed by atoms with van der Waals surface area (Å²) in [4.78, 5) is 25.4. The van der Waals surface area contributed by atoms with E-state index >= 15 is 0 Å². The number of fused-ring (bicyclic) bond motifs is 1. The van der Waals surface area contributed by atoms with Gasteiger partial charge in [0.2, 0.25) is 5.91 Å². The fraction of sp³-hybridized carbons (Fsp3) is 0.259. The predicted molar refractivity (Wildman–Crippen MR) is 128 cm³/mol. The predicted octanol–water partition coefficient (Wildman–Crippen LogP) is 4.53. The van der Waals surface area contributed by atoms with E-state index in [1.165, 1.54) is 16.7 Å². The highest BCUT2D eigenvalue weighted by molar-refractivity contribution is 6.04. The third kappa shape index (κ3) is 5.42. The normalized spacial score (nSPS) is 15.0. The summed E-state index contributed by atoms with van der Waals surface area (Å²) in [7, 11) is 0. The van der Waals surface area contributed by atoms with Crippen LogP contribution in [0.5, 0.6) is 0 Å². The molecule has 1 atom stereocenters. The molecule has 32 heavy (non-hydrogen) atoms. The number of carbonyl (C=O) groups is 2. The number of hydrogen-bond donors (Lipinski definition) is 3. The Balaban J connectivity index is 1.35. The molecule has 0 saturated carbocycles. The fourth-order valence-electron chi connectivity index (χ4n) is 4.15. The first-order valence-corrected chi connectivity index (χ1v) is 11.1. The van der Waals surface area contributed by atoms with Gasteiger partial charge in [-0.15, -0.1) is 0 Å². The molecule has 3 N–H and O–H groups in total. The van der Waals surface area contributed by atoms with Crippen LogP contribution in [0.25, 0.3) is 0 Å². The van der Waals surface area contributed by atoms with Gasteiger partial charge in [-0.05, 0) is 55.0 Å². The van der Waals surface area contributed by atoms with Crippen molar-refractivity contribution in [1.29, 1.82) is 0 Å². The summed E-state index contributed by atoms with van der Waals surface area (Å²) < 4.78 is 0. The van der Waals surface area contributed by atoms with Crippen LogP contribution in [-0.2, 0) is 17.8 Å². The van der Waals surface area contributed by atoms with Crippen LogP contribution in [0.4, 0.5) is 5.69 Å². The van der Waals surface area contributed by atoms with Gasteiger partial charge in [0.25, 0.3) is 5.91 Å². The van der Waals surface area contributed by atoms with Crippen molar-refractivity contribution >= 4 is 17.5 Å².